The molecule has 0 heterocycles. The highest BCUT2D eigenvalue weighted by Crippen LogP contribution is 2.25. The van der Waals surface area contributed by atoms with Crippen molar-refractivity contribution in [2.24, 2.45) is 5.73 Å². The highest BCUT2D eigenvalue weighted by atomic mass is 79.9. The summed E-state index contributed by atoms with van der Waals surface area (Å²) < 4.78 is 27.7. The Morgan fingerprint density at radius 1 is 1.14 bits per heavy atom. The van der Waals surface area contributed by atoms with E-state index in [1.807, 2.05) is 11.9 Å². The van der Waals surface area contributed by atoms with E-state index in [9.17, 15) is 8.78 Å². The second-order valence-electron chi connectivity index (χ2n) is 4.96. The molecule has 2 rings (SSSR count). The van der Waals surface area contributed by atoms with Crippen molar-refractivity contribution in [3.63, 3.8) is 0 Å². The Hall–Kier alpha value is -1.30. The molecule has 1 atom stereocenters. The molecular formula is C16H17BrF2N2. The van der Waals surface area contributed by atoms with Crippen LogP contribution in [0, 0.1) is 11.6 Å². The van der Waals surface area contributed by atoms with Crippen molar-refractivity contribution in [2.75, 3.05) is 13.6 Å². The highest BCUT2D eigenvalue weighted by molar-refractivity contribution is 9.10. The average molecular weight is 355 g/mol. The number of benzene rings is 2. The zero-order valence-electron chi connectivity index (χ0n) is 11.7. The van der Waals surface area contributed by atoms with E-state index >= 15 is 0 Å². The van der Waals surface area contributed by atoms with Gasteiger partial charge >= 0.3 is 0 Å². The molecule has 0 spiro atoms. The normalized spacial score (nSPS) is 12.7. The summed E-state index contributed by atoms with van der Waals surface area (Å²) in [6.45, 7) is 0.869. The summed E-state index contributed by atoms with van der Waals surface area (Å²) in [6, 6.07) is 11.0. The molecule has 0 aliphatic carbocycles. The lowest BCUT2D eigenvalue weighted by atomic mass is 10.0. The number of hydrogen-bond acceptors (Lipinski definition) is 2. The first kappa shape index (κ1) is 16.1. The molecule has 2 aromatic carbocycles. The first-order chi connectivity index (χ1) is 10.0. The molecule has 5 heteroatoms. The van der Waals surface area contributed by atoms with E-state index < -0.39 is 0 Å². The Bertz CT molecular complexity index is 602. The zero-order valence-corrected chi connectivity index (χ0v) is 13.3. The molecule has 0 bridgehead atoms. The molecule has 2 nitrogen and oxygen atoms in total. The summed E-state index contributed by atoms with van der Waals surface area (Å²) in [4.78, 5) is 1.96. The van der Waals surface area contributed by atoms with Gasteiger partial charge in [0, 0.05) is 29.2 Å². The predicted octanol–water partition coefficient (Wildman–Crippen LogP) is 3.86. The maximum absolute atomic E-state index is 14.1. The molecule has 0 radical (unpaired) electrons. The van der Waals surface area contributed by atoms with Gasteiger partial charge in [0.25, 0.3) is 0 Å². The van der Waals surface area contributed by atoms with Gasteiger partial charge in [0.05, 0.1) is 0 Å². The van der Waals surface area contributed by atoms with Gasteiger partial charge in [-0.05, 0) is 36.9 Å². The molecule has 0 fully saturated rings. The Balaban J connectivity index is 2.18. The topological polar surface area (TPSA) is 29.3 Å². The second kappa shape index (κ2) is 7.11. The molecule has 0 amide bonds. The van der Waals surface area contributed by atoms with Crippen molar-refractivity contribution in [1.82, 2.24) is 4.90 Å². The zero-order chi connectivity index (χ0) is 15.4. The summed E-state index contributed by atoms with van der Waals surface area (Å²) in [5, 5.41) is 0. The van der Waals surface area contributed by atoms with Crippen LogP contribution < -0.4 is 5.73 Å². The molecular weight excluding hydrogens is 338 g/mol. The maximum Gasteiger partial charge on any atom is 0.129 e. The Morgan fingerprint density at radius 2 is 1.81 bits per heavy atom. The minimum atomic E-state index is -0.286. The summed E-state index contributed by atoms with van der Waals surface area (Å²) in [5.41, 5.74) is 7.32. The van der Waals surface area contributed by atoms with Crippen molar-refractivity contribution in [3.8, 4) is 0 Å². The van der Waals surface area contributed by atoms with Crippen LogP contribution in [0.1, 0.15) is 17.2 Å². The van der Waals surface area contributed by atoms with Crippen molar-refractivity contribution in [1.29, 1.82) is 0 Å². The first-order valence-corrected chi connectivity index (χ1v) is 7.40. The number of rotatable bonds is 5. The lowest BCUT2D eigenvalue weighted by molar-refractivity contribution is 0.236. The van der Waals surface area contributed by atoms with Crippen molar-refractivity contribution < 1.29 is 8.78 Å². The molecule has 2 aromatic rings. The van der Waals surface area contributed by atoms with Crippen LogP contribution in [0.2, 0.25) is 0 Å². The van der Waals surface area contributed by atoms with E-state index in [1.54, 1.807) is 24.3 Å². The van der Waals surface area contributed by atoms with Crippen LogP contribution in [0.3, 0.4) is 0 Å². The monoisotopic (exact) mass is 354 g/mol. The number of nitrogens with two attached hydrogens (primary N) is 1. The van der Waals surface area contributed by atoms with Gasteiger partial charge in [0.15, 0.2) is 0 Å². The number of likely N-dealkylation sites (N-methyl/N-ethyl adjacent to an activating group) is 1. The SMILES string of the molecule is CN(Cc1ccc(F)cc1)C(CN)c1ccc(Br)cc1F. The fraction of sp³-hybridized carbons (Fsp3) is 0.250. The molecule has 1 unspecified atom stereocenters. The fourth-order valence-electron chi connectivity index (χ4n) is 2.30. The van der Waals surface area contributed by atoms with Gasteiger partial charge in [-0.3, -0.25) is 4.90 Å². The Morgan fingerprint density at radius 3 is 2.38 bits per heavy atom. The predicted molar refractivity (Wildman–Crippen MR) is 83.8 cm³/mol. The largest absolute Gasteiger partial charge is 0.329 e. The van der Waals surface area contributed by atoms with Crippen LogP contribution in [-0.4, -0.2) is 18.5 Å². The molecule has 0 aliphatic rings. The highest BCUT2D eigenvalue weighted by Gasteiger charge is 2.19. The van der Waals surface area contributed by atoms with Crippen LogP contribution in [0.4, 0.5) is 8.78 Å². The third-order valence-corrected chi connectivity index (χ3v) is 3.92. The molecule has 2 N–H and O–H groups in total. The fourth-order valence-corrected chi connectivity index (χ4v) is 2.64. The third kappa shape index (κ3) is 4.09. The number of halogens is 3. The Kier molecular flexibility index (Phi) is 5.45. The molecule has 0 saturated heterocycles. The van der Waals surface area contributed by atoms with E-state index in [0.29, 0.717) is 23.1 Å². The summed E-state index contributed by atoms with van der Waals surface area (Å²) in [6.07, 6.45) is 0. The lowest BCUT2D eigenvalue weighted by Crippen LogP contribution is -2.30. The van der Waals surface area contributed by atoms with E-state index in [0.717, 1.165) is 5.56 Å². The molecule has 0 aromatic heterocycles. The average Bonchev–Trinajstić information content (AvgIpc) is 2.44. The minimum absolute atomic E-state index is 0.233. The minimum Gasteiger partial charge on any atom is -0.329 e. The van der Waals surface area contributed by atoms with Gasteiger partial charge in [-0.15, -0.1) is 0 Å². The third-order valence-electron chi connectivity index (χ3n) is 3.42. The van der Waals surface area contributed by atoms with Crippen LogP contribution >= 0.6 is 15.9 Å². The van der Waals surface area contributed by atoms with Gasteiger partial charge in [0.2, 0.25) is 0 Å². The standard InChI is InChI=1S/C16H17BrF2N2/c1-21(10-11-2-5-13(18)6-3-11)16(9-20)14-7-4-12(17)8-15(14)19/h2-8,16H,9-10,20H2,1H3. The van der Waals surface area contributed by atoms with Gasteiger partial charge in [-0.2, -0.15) is 0 Å². The van der Waals surface area contributed by atoms with Gasteiger partial charge < -0.3 is 5.73 Å². The molecule has 112 valence electrons. The van der Waals surface area contributed by atoms with E-state index in [1.165, 1.54) is 18.2 Å². The molecule has 21 heavy (non-hydrogen) atoms. The summed E-state index contributed by atoms with van der Waals surface area (Å²) in [5.74, 6) is -0.554. The Labute approximate surface area is 131 Å². The summed E-state index contributed by atoms with van der Waals surface area (Å²) in [7, 11) is 1.88. The van der Waals surface area contributed by atoms with Crippen molar-refractivity contribution in [2.45, 2.75) is 12.6 Å². The van der Waals surface area contributed by atoms with Gasteiger partial charge in [-0.25, -0.2) is 8.78 Å². The summed E-state index contributed by atoms with van der Waals surface area (Å²) >= 11 is 3.24. The van der Waals surface area contributed by atoms with Gasteiger partial charge in [0.1, 0.15) is 11.6 Å². The van der Waals surface area contributed by atoms with Gasteiger partial charge in [-0.1, -0.05) is 34.1 Å². The smallest absolute Gasteiger partial charge is 0.129 e. The second-order valence-corrected chi connectivity index (χ2v) is 5.87. The van der Waals surface area contributed by atoms with E-state index in [4.69, 9.17) is 5.73 Å². The van der Waals surface area contributed by atoms with E-state index in [2.05, 4.69) is 15.9 Å². The molecule has 0 saturated carbocycles. The van der Waals surface area contributed by atoms with Crippen molar-refractivity contribution in [3.05, 3.63) is 69.7 Å². The van der Waals surface area contributed by atoms with Crippen LogP contribution in [0.5, 0.6) is 0 Å². The lowest BCUT2D eigenvalue weighted by Gasteiger charge is -2.27. The van der Waals surface area contributed by atoms with E-state index in [-0.39, 0.29) is 17.7 Å². The first-order valence-electron chi connectivity index (χ1n) is 6.61. The van der Waals surface area contributed by atoms with Crippen LogP contribution in [-0.2, 0) is 6.54 Å². The van der Waals surface area contributed by atoms with Crippen molar-refractivity contribution >= 4 is 15.9 Å². The number of hydrogen-bond donors (Lipinski definition) is 1. The maximum atomic E-state index is 14.1. The number of nitrogens with zero attached hydrogens (tertiary/aromatic N) is 1. The molecule has 0 aliphatic heterocycles. The van der Waals surface area contributed by atoms with Crippen LogP contribution in [0.25, 0.3) is 0 Å². The quantitative estimate of drug-likeness (QED) is 0.883. The van der Waals surface area contributed by atoms with Crippen LogP contribution in [0.15, 0.2) is 46.9 Å².